The number of hydrogen-bond acceptors (Lipinski definition) is 4. The van der Waals surface area contributed by atoms with Crippen LogP contribution in [0.2, 0.25) is 0 Å². The second-order valence-electron chi connectivity index (χ2n) is 10.3. The Kier molecular flexibility index (Phi) is 5.92. The van der Waals surface area contributed by atoms with Gasteiger partial charge in [-0.1, -0.05) is 87.5 Å². The SMILES string of the molecule is CC(C)(C)c1cc(-n2cncn2)cc(-c2cc(-n3cncn3)ccc2-c2ccccc2)c1-c1ccccc1. The van der Waals surface area contributed by atoms with Crippen LogP contribution in [0, 0.1) is 0 Å². The molecule has 2 aromatic heterocycles. The van der Waals surface area contributed by atoms with Gasteiger partial charge in [-0.25, -0.2) is 19.3 Å². The maximum atomic E-state index is 4.47. The van der Waals surface area contributed by atoms with Crippen LogP contribution in [0.4, 0.5) is 0 Å². The van der Waals surface area contributed by atoms with Crippen molar-refractivity contribution < 1.29 is 0 Å². The van der Waals surface area contributed by atoms with Crippen molar-refractivity contribution in [2.45, 2.75) is 26.2 Å². The van der Waals surface area contributed by atoms with Crippen LogP contribution in [0.5, 0.6) is 0 Å². The molecule has 0 aliphatic heterocycles. The molecule has 0 saturated carbocycles. The molecule has 0 amide bonds. The molecule has 0 fully saturated rings. The first kappa shape index (κ1) is 23.6. The van der Waals surface area contributed by atoms with Crippen LogP contribution in [-0.2, 0) is 5.41 Å². The lowest BCUT2D eigenvalue weighted by Gasteiger charge is -2.27. The van der Waals surface area contributed by atoms with Crippen LogP contribution in [0.25, 0.3) is 44.8 Å². The predicted molar refractivity (Wildman–Crippen MR) is 151 cm³/mol. The van der Waals surface area contributed by atoms with Crippen LogP contribution in [0.15, 0.2) is 116 Å². The zero-order chi connectivity index (χ0) is 26.1. The number of aromatic nitrogens is 6. The van der Waals surface area contributed by atoms with Gasteiger partial charge in [-0.3, -0.25) is 0 Å². The lowest BCUT2D eigenvalue weighted by atomic mass is 9.77. The molecule has 6 aromatic rings. The molecular formula is C32H28N6. The number of benzene rings is 4. The van der Waals surface area contributed by atoms with Gasteiger partial charge in [-0.2, -0.15) is 10.2 Å². The van der Waals surface area contributed by atoms with Gasteiger partial charge in [0.15, 0.2) is 0 Å². The Labute approximate surface area is 222 Å². The Morgan fingerprint density at radius 2 is 1.13 bits per heavy atom. The average Bonchev–Trinajstić information content (AvgIpc) is 3.68. The van der Waals surface area contributed by atoms with Crippen molar-refractivity contribution in [2.24, 2.45) is 0 Å². The zero-order valence-corrected chi connectivity index (χ0v) is 21.7. The summed E-state index contributed by atoms with van der Waals surface area (Å²) in [6, 6.07) is 32.1. The molecule has 6 heteroatoms. The van der Waals surface area contributed by atoms with Crippen LogP contribution < -0.4 is 0 Å². The largest absolute Gasteiger partial charge is 0.223 e. The van der Waals surface area contributed by atoms with Crippen molar-refractivity contribution in [1.82, 2.24) is 29.5 Å². The van der Waals surface area contributed by atoms with Crippen molar-refractivity contribution in [2.75, 3.05) is 0 Å². The van der Waals surface area contributed by atoms with Crippen molar-refractivity contribution in [3.05, 3.63) is 122 Å². The van der Waals surface area contributed by atoms with E-state index >= 15 is 0 Å². The minimum Gasteiger partial charge on any atom is -0.223 e. The second kappa shape index (κ2) is 9.56. The summed E-state index contributed by atoms with van der Waals surface area (Å²) < 4.78 is 3.63. The third-order valence-electron chi connectivity index (χ3n) is 6.74. The summed E-state index contributed by atoms with van der Waals surface area (Å²) in [5.74, 6) is 0. The van der Waals surface area contributed by atoms with E-state index in [0.717, 1.165) is 33.6 Å². The molecule has 4 aromatic carbocycles. The van der Waals surface area contributed by atoms with E-state index in [1.165, 1.54) is 16.7 Å². The standard InChI is InChI=1S/C32H28N6/c1-32(2,3)30-18-26(38-22-34-20-36-38)17-29(31(30)24-12-8-5-9-13-24)28-16-25(37-21-33-19-35-37)14-15-27(28)23-10-6-4-7-11-23/h4-22H,1-3H3. The normalized spacial score (nSPS) is 11.6. The van der Waals surface area contributed by atoms with Gasteiger partial charge in [0.1, 0.15) is 25.3 Å². The van der Waals surface area contributed by atoms with Crippen molar-refractivity contribution >= 4 is 0 Å². The van der Waals surface area contributed by atoms with E-state index in [-0.39, 0.29) is 5.41 Å². The van der Waals surface area contributed by atoms with Gasteiger partial charge < -0.3 is 0 Å². The summed E-state index contributed by atoms with van der Waals surface area (Å²) >= 11 is 0. The molecule has 0 unspecified atom stereocenters. The topological polar surface area (TPSA) is 61.4 Å². The van der Waals surface area contributed by atoms with Gasteiger partial charge in [0.2, 0.25) is 0 Å². The summed E-state index contributed by atoms with van der Waals surface area (Å²) in [4.78, 5) is 8.39. The fraction of sp³-hybridized carbons (Fsp3) is 0.125. The highest BCUT2D eigenvalue weighted by molar-refractivity contribution is 5.95. The molecule has 0 saturated heterocycles. The molecule has 2 heterocycles. The first-order chi connectivity index (χ1) is 18.5. The maximum Gasteiger partial charge on any atom is 0.138 e. The number of nitrogens with zero attached hydrogens (tertiary/aromatic N) is 6. The Morgan fingerprint density at radius 1 is 0.553 bits per heavy atom. The summed E-state index contributed by atoms with van der Waals surface area (Å²) in [5, 5.41) is 8.87. The van der Waals surface area contributed by atoms with Crippen molar-refractivity contribution in [1.29, 1.82) is 0 Å². The fourth-order valence-corrected chi connectivity index (χ4v) is 4.93. The highest BCUT2D eigenvalue weighted by Crippen LogP contribution is 2.45. The number of hydrogen-bond donors (Lipinski definition) is 0. The summed E-state index contributed by atoms with van der Waals surface area (Å²) in [6.07, 6.45) is 6.61. The van der Waals surface area contributed by atoms with Crippen molar-refractivity contribution in [3.63, 3.8) is 0 Å². The molecular weight excluding hydrogens is 468 g/mol. The van der Waals surface area contributed by atoms with E-state index in [4.69, 9.17) is 0 Å². The minimum atomic E-state index is -0.132. The molecule has 0 spiro atoms. The molecule has 0 aliphatic carbocycles. The van der Waals surface area contributed by atoms with Gasteiger partial charge in [-0.05, 0) is 68.6 Å². The highest BCUT2D eigenvalue weighted by atomic mass is 15.3. The van der Waals surface area contributed by atoms with Gasteiger partial charge in [-0.15, -0.1) is 0 Å². The molecule has 0 aliphatic rings. The minimum absolute atomic E-state index is 0.132. The second-order valence-corrected chi connectivity index (χ2v) is 10.3. The van der Waals surface area contributed by atoms with E-state index in [9.17, 15) is 0 Å². The molecule has 0 atom stereocenters. The number of rotatable bonds is 5. The Balaban J connectivity index is 1.74. The Morgan fingerprint density at radius 3 is 1.71 bits per heavy atom. The monoisotopic (exact) mass is 496 g/mol. The molecule has 186 valence electrons. The smallest absolute Gasteiger partial charge is 0.138 e. The summed E-state index contributed by atoms with van der Waals surface area (Å²) in [7, 11) is 0. The maximum absolute atomic E-state index is 4.47. The van der Waals surface area contributed by atoms with Crippen LogP contribution in [0.1, 0.15) is 26.3 Å². The van der Waals surface area contributed by atoms with Crippen LogP contribution in [-0.4, -0.2) is 29.5 Å². The van der Waals surface area contributed by atoms with Gasteiger partial charge in [0.05, 0.1) is 11.4 Å². The third-order valence-corrected chi connectivity index (χ3v) is 6.74. The fourth-order valence-electron chi connectivity index (χ4n) is 4.93. The predicted octanol–water partition coefficient (Wildman–Crippen LogP) is 7.15. The third kappa shape index (κ3) is 4.41. The molecule has 0 radical (unpaired) electrons. The zero-order valence-electron chi connectivity index (χ0n) is 21.7. The quantitative estimate of drug-likeness (QED) is 0.254. The van der Waals surface area contributed by atoms with E-state index in [1.54, 1.807) is 30.0 Å². The summed E-state index contributed by atoms with van der Waals surface area (Å²) in [6.45, 7) is 6.77. The van der Waals surface area contributed by atoms with Crippen LogP contribution >= 0.6 is 0 Å². The first-order valence-corrected chi connectivity index (χ1v) is 12.6. The van der Waals surface area contributed by atoms with Crippen molar-refractivity contribution in [3.8, 4) is 44.8 Å². The Hall–Kier alpha value is -4.84. The van der Waals surface area contributed by atoms with Gasteiger partial charge in [0, 0.05) is 0 Å². The van der Waals surface area contributed by atoms with E-state index in [2.05, 4.69) is 126 Å². The van der Waals surface area contributed by atoms with E-state index in [0.29, 0.717) is 0 Å². The first-order valence-electron chi connectivity index (χ1n) is 12.6. The average molecular weight is 497 g/mol. The lowest BCUT2D eigenvalue weighted by molar-refractivity contribution is 0.591. The molecule has 0 bridgehead atoms. The molecule has 38 heavy (non-hydrogen) atoms. The van der Waals surface area contributed by atoms with Crippen LogP contribution in [0.3, 0.4) is 0 Å². The lowest BCUT2D eigenvalue weighted by Crippen LogP contribution is -2.15. The molecule has 6 rings (SSSR count). The summed E-state index contributed by atoms with van der Waals surface area (Å²) in [5.41, 5.74) is 9.90. The highest BCUT2D eigenvalue weighted by Gasteiger charge is 2.25. The van der Waals surface area contributed by atoms with E-state index in [1.807, 2.05) is 10.7 Å². The van der Waals surface area contributed by atoms with E-state index < -0.39 is 0 Å². The molecule has 6 nitrogen and oxygen atoms in total. The van der Waals surface area contributed by atoms with Gasteiger partial charge in [0.25, 0.3) is 0 Å². The van der Waals surface area contributed by atoms with Gasteiger partial charge >= 0.3 is 0 Å². The Bertz CT molecular complexity index is 1660. The molecule has 0 N–H and O–H groups in total.